The Labute approximate surface area is 87.1 Å². The van der Waals surface area contributed by atoms with E-state index in [4.69, 9.17) is 10.8 Å². The van der Waals surface area contributed by atoms with Crippen LogP contribution in [0.5, 0.6) is 0 Å². The molecule has 0 spiro atoms. The Hall–Kier alpha value is -1.99. The van der Waals surface area contributed by atoms with Gasteiger partial charge in [0.25, 0.3) is 0 Å². The molecule has 0 saturated carbocycles. The summed E-state index contributed by atoms with van der Waals surface area (Å²) >= 11 is 0. The lowest BCUT2D eigenvalue weighted by atomic mass is 10.1. The Morgan fingerprint density at radius 2 is 2.33 bits per heavy atom. The number of aliphatic hydroxyl groups excluding tert-OH is 1. The van der Waals surface area contributed by atoms with Crippen LogP contribution in [-0.4, -0.2) is 21.9 Å². The number of aromatic nitrogens is 2. The second-order valence-corrected chi connectivity index (χ2v) is 3.14. The number of nitrogen functional groups attached to an aromatic ring is 1. The van der Waals surface area contributed by atoms with Crippen molar-refractivity contribution in [2.45, 2.75) is 6.42 Å². The van der Waals surface area contributed by atoms with E-state index in [0.29, 0.717) is 12.2 Å². The van der Waals surface area contributed by atoms with Crippen LogP contribution in [0, 0.1) is 11.8 Å². The van der Waals surface area contributed by atoms with E-state index >= 15 is 0 Å². The van der Waals surface area contributed by atoms with Crippen LogP contribution in [0.15, 0.2) is 18.2 Å². The molecule has 0 bridgehead atoms. The summed E-state index contributed by atoms with van der Waals surface area (Å²) in [6, 6.07) is 5.67. The Morgan fingerprint density at radius 1 is 1.47 bits per heavy atom. The summed E-state index contributed by atoms with van der Waals surface area (Å²) in [5, 5.41) is 16.2. The average Bonchev–Trinajstić information content (AvgIpc) is 2.61. The van der Waals surface area contributed by atoms with E-state index < -0.39 is 0 Å². The highest BCUT2D eigenvalue weighted by atomic mass is 16.2. The highest BCUT2D eigenvalue weighted by molar-refractivity contribution is 5.89. The lowest BCUT2D eigenvalue weighted by Gasteiger charge is -1.91. The summed E-state index contributed by atoms with van der Waals surface area (Å²) < 4.78 is 0. The van der Waals surface area contributed by atoms with Crippen molar-refractivity contribution in [1.82, 2.24) is 10.2 Å². The van der Waals surface area contributed by atoms with Crippen molar-refractivity contribution in [2.75, 3.05) is 12.3 Å². The smallest absolute Gasteiger partial charge is 0.153 e. The minimum atomic E-state index is 0.0895. The van der Waals surface area contributed by atoms with E-state index in [1.165, 1.54) is 0 Å². The lowest BCUT2D eigenvalue weighted by molar-refractivity contribution is 0.305. The highest BCUT2D eigenvalue weighted by Crippen LogP contribution is 2.18. The predicted molar refractivity (Wildman–Crippen MR) is 59.1 cm³/mol. The van der Waals surface area contributed by atoms with Crippen molar-refractivity contribution >= 4 is 16.7 Å². The molecule has 0 aliphatic rings. The number of H-pyrrole nitrogens is 1. The molecule has 2 rings (SSSR count). The predicted octanol–water partition coefficient (Wildman–Crippen LogP) is 0.879. The fourth-order valence-electron chi connectivity index (χ4n) is 1.34. The van der Waals surface area contributed by atoms with Crippen molar-refractivity contribution in [3.05, 3.63) is 23.8 Å². The second kappa shape index (κ2) is 4.03. The van der Waals surface area contributed by atoms with Crippen molar-refractivity contribution in [3.8, 4) is 11.8 Å². The number of hydrogen-bond donors (Lipinski definition) is 3. The zero-order valence-corrected chi connectivity index (χ0v) is 8.12. The van der Waals surface area contributed by atoms with Gasteiger partial charge in [-0.2, -0.15) is 5.10 Å². The Morgan fingerprint density at radius 3 is 3.13 bits per heavy atom. The van der Waals surface area contributed by atoms with Crippen LogP contribution in [0.2, 0.25) is 0 Å². The number of anilines is 1. The number of rotatable bonds is 1. The minimum Gasteiger partial charge on any atom is -0.395 e. The largest absolute Gasteiger partial charge is 0.395 e. The van der Waals surface area contributed by atoms with Crippen molar-refractivity contribution in [2.24, 2.45) is 0 Å². The standard InChI is InChI=1S/C11H11N3O/c12-11-9-5-4-8(3-1-2-6-15)7-10(9)13-14-11/h4-5,7,15H,2,6H2,(H3,12,13,14). The highest BCUT2D eigenvalue weighted by Gasteiger charge is 2.00. The molecule has 4 N–H and O–H groups in total. The van der Waals surface area contributed by atoms with Crippen LogP contribution in [0.1, 0.15) is 12.0 Å². The monoisotopic (exact) mass is 201 g/mol. The zero-order valence-electron chi connectivity index (χ0n) is 8.12. The van der Waals surface area contributed by atoms with Crippen molar-refractivity contribution < 1.29 is 5.11 Å². The van der Waals surface area contributed by atoms with E-state index in [1.54, 1.807) is 0 Å². The fraction of sp³-hybridized carbons (Fsp3) is 0.182. The maximum atomic E-state index is 8.58. The molecule has 76 valence electrons. The van der Waals surface area contributed by atoms with Crippen LogP contribution >= 0.6 is 0 Å². The van der Waals surface area contributed by atoms with E-state index in [-0.39, 0.29) is 6.61 Å². The van der Waals surface area contributed by atoms with Crippen LogP contribution in [-0.2, 0) is 0 Å². The first kappa shape index (κ1) is 9.56. The molecule has 0 atom stereocenters. The van der Waals surface area contributed by atoms with Crippen molar-refractivity contribution in [1.29, 1.82) is 0 Å². The Kier molecular flexibility index (Phi) is 2.57. The van der Waals surface area contributed by atoms with Gasteiger partial charge < -0.3 is 10.8 Å². The van der Waals surface area contributed by atoms with Gasteiger partial charge in [-0.1, -0.05) is 11.8 Å². The number of nitrogens with zero attached hydrogens (tertiary/aromatic N) is 1. The summed E-state index contributed by atoms with van der Waals surface area (Å²) in [5.41, 5.74) is 7.40. The summed E-state index contributed by atoms with van der Waals surface area (Å²) in [6.07, 6.45) is 0.489. The fourth-order valence-corrected chi connectivity index (χ4v) is 1.34. The molecule has 0 aliphatic carbocycles. The van der Waals surface area contributed by atoms with Gasteiger partial charge in [-0.05, 0) is 18.2 Å². The molecule has 0 fully saturated rings. The van der Waals surface area contributed by atoms with E-state index in [2.05, 4.69) is 22.0 Å². The Bertz CT molecular complexity index is 533. The molecule has 2 aromatic rings. The van der Waals surface area contributed by atoms with Crippen LogP contribution in [0.3, 0.4) is 0 Å². The third-order valence-electron chi connectivity index (χ3n) is 2.06. The van der Waals surface area contributed by atoms with E-state index in [1.807, 2.05) is 18.2 Å². The van der Waals surface area contributed by atoms with Crippen LogP contribution < -0.4 is 5.73 Å². The van der Waals surface area contributed by atoms with Crippen molar-refractivity contribution in [3.63, 3.8) is 0 Å². The summed E-state index contributed by atoms with van der Waals surface area (Å²) in [6.45, 7) is 0.0895. The third kappa shape index (κ3) is 1.92. The summed E-state index contributed by atoms with van der Waals surface area (Å²) in [4.78, 5) is 0. The van der Waals surface area contributed by atoms with Gasteiger partial charge >= 0.3 is 0 Å². The summed E-state index contributed by atoms with van der Waals surface area (Å²) in [7, 11) is 0. The van der Waals surface area contributed by atoms with Gasteiger partial charge in [-0.15, -0.1) is 0 Å². The molecular formula is C11H11N3O. The number of aliphatic hydroxyl groups is 1. The first-order valence-corrected chi connectivity index (χ1v) is 4.64. The topological polar surface area (TPSA) is 74.9 Å². The minimum absolute atomic E-state index is 0.0895. The van der Waals surface area contributed by atoms with Gasteiger partial charge in [-0.25, -0.2) is 0 Å². The second-order valence-electron chi connectivity index (χ2n) is 3.14. The van der Waals surface area contributed by atoms with Gasteiger partial charge in [0, 0.05) is 17.4 Å². The first-order chi connectivity index (χ1) is 7.31. The van der Waals surface area contributed by atoms with Gasteiger partial charge in [-0.3, -0.25) is 5.10 Å². The van der Waals surface area contributed by atoms with Crippen LogP contribution in [0.25, 0.3) is 10.9 Å². The maximum absolute atomic E-state index is 8.58. The number of nitrogens with two attached hydrogens (primary N) is 1. The van der Waals surface area contributed by atoms with E-state index in [9.17, 15) is 0 Å². The number of nitrogens with one attached hydrogen (secondary N) is 1. The molecule has 0 unspecified atom stereocenters. The van der Waals surface area contributed by atoms with Gasteiger partial charge in [0.15, 0.2) is 5.82 Å². The quantitative estimate of drug-likeness (QED) is 0.599. The first-order valence-electron chi connectivity index (χ1n) is 4.64. The average molecular weight is 201 g/mol. The molecular weight excluding hydrogens is 190 g/mol. The van der Waals surface area contributed by atoms with Crippen LogP contribution in [0.4, 0.5) is 5.82 Å². The molecule has 15 heavy (non-hydrogen) atoms. The summed E-state index contributed by atoms with van der Waals surface area (Å²) in [5.74, 6) is 6.31. The zero-order chi connectivity index (χ0) is 10.7. The molecule has 4 heteroatoms. The molecule has 1 aromatic carbocycles. The Balaban J connectivity index is 2.36. The normalized spacial score (nSPS) is 9.93. The molecule has 0 radical (unpaired) electrons. The number of benzene rings is 1. The molecule has 0 aliphatic heterocycles. The third-order valence-corrected chi connectivity index (χ3v) is 2.06. The number of fused-ring (bicyclic) bond motifs is 1. The lowest BCUT2D eigenvalue weighted by Crippen LogP contribution is -1.83. The number of aromatic amines is 1. The molecule has 4 nitrogen and oxygen atoms in total. The molecule has 1 heterocycles. The van der Waals surface area contributed by atoms with Gasteiger partial charge in [0.05, 0.1) is 12.1 Å². The molecule has 1 aromatic heterocycles. The molecule has 0 saturated heterocycles. The van der Waals surface area contributed by atoms with E-state index in [0.717, 1.165) is 16.5 Å². The molecule has 0 amide bonds. The van der Waals surface area contributed by atoms with Gasteiger partial charge in [0.1, 0.15) is 0 Å². The van der Waals surface area contributed by atoms with Gasteiger partial charge in [0.2, 0.25) is 0 Å². The maximum Gasteiger partial charge on any atom is 0.153 e. The number of hydrogen-bond acceptors (Lipinski definition) is 3. The SMILES string of the molecule is Nc1n[nH]c2cc(C#CCCO)ccc12.